The van der Waals surface area contributed by atoms with Gasteiger partial charge in [0.1, 0.15) is 30.5 Å². The van der Waals surface area contributed by atoms with Crippen LogP contribution in [-0.4, -0.2) is 89.6 Å². The zero-order valence-electron chi connectivity index (χ0n) is 35.0. The fourth-order valence-corrected chi connectivity index (χ4v) is 7.08. The van der Waals surface area contributed by atoms with E-state index >= 15 is 0 Å². The van der Waals surface area contributed by atoms with E-state index < -0.39 is 43.4 Å². The third-order valence-corrected chi connectivity index (χ3v) is 10.7. The van der Waals surface area contributed by atoms with Gasteiger partial charge in [0.05, 0.1) is 19.8 Å². The number of allylic oxidation sites excluding steroid dienone is 2. The Labute approximate surface area is 331 Å². The van der Waals surface area contributed by atoms with Gasteiger partial charge in [-0.05, 0) is 38.5 Å². The molecule has 4 N–H and O–H groups in total. The van der Waals surface area contributed by atoms with Crippen LogP contribution in [0.4, 0.5) is 0 Å². The lowest BCUT2D eigenvalue weighted by Gasteiger charge is -2.39. The molecule has 0 bridgehead atoms. The van der Waals surface area contributed by atoms with E-state index in [-0.39, 0.29) is 19.2 Å². The predicted octanol–water partition coefficient (Wildman–Crippen LogP) is 10.0. The molecular formula is C45H86O9. The van der Waals surface area contributed by atoms with Crippen LogP contribution in [0.1, 0.15) is 206 Å². The number of carbonyl (C=O) groups is 1. The number of hydrogen-bond donors (Lipinski definition) is 4. The maximum absolute atomic E-state index is 12.8. The van der Waals surface area contributed by atoms with E-state index in [0.29, 0.717) is 13.0 Å². The molecule has 1 aliphatic heterocycles. The van der Waals surface area contributed by atoms with Crippen molar-refractivity contribution < 1.29 is 44.2 Å². The maximum Gasteiger partial charge on any atom is 0.306 e. The van der Waals surface area contributed by atoms with Crippen LogP contribution in [0.3, 0.4) is 0 Å². The first-order chi connectivity index (χ1) is 26.4. The minimum absolute atomic E-state index is 0.110. The van der Waals surface area contributed by atoms with Crippen LogP contribution in [0.5, 0.6) is 0 Å². The second kappa shape index (κ2) is 37.5. The van der Waals surface area contributed by atoms with Gasteiger partial charge in [-0.3, -0.25) is 4.79 Å². The normalized spacial score (nSPS) is 20.9. The number of ether oxygens (including phenoxy) is 4. The van der Waals surface area contributed by atoms with Crippen LogP contribution in [0.2, 0.25) is 0 Å². The van der Waals surface area contributed by atoms with Crippen molar-refractivity contribution in [2.24, 2.45) is 0 Å². The lowest BCUT2D eigenvalue weighted by molar-refractivity contribution is -0.305. The van der Waals surface area contributed by atoms with Gasteiger partial charge in [-0.15, -0.1) is 0 Å². The van der Waals surface area contributed by atoms with Crippen LogP contribution in [0.15, 0.2) is 12.2 Å². The molecule has 0 saturated carbocycles. The van der Waals surface area contributed by atoms with E-state index in [0.717, 1.165) is 32.1 Å². The van der Waals surface area contributed by atoms with E-state index in [4.69, 9.17) is 18.9 Å². The van der Waals surface area contributed by atoms with Crippen molar-refractivity contribution in [3.05, 3.63) is 12.2 Å². The number of carbonyl (C=O) groups excluding carboxylic acids is 1. The fraction of sp³-hybridized carbons (Fsp3) is 0.933. The van der Waals surface area contributed by atoms with E-state index in [1.807, 2.05) is 0 Å². The summed E-state index contributed by atoms with van der Waals surface area (Å²) in [5, 5.41) is 40.1. The zero-order valence-corrected chi connectivity index (χ0v) is 35.0. The second-order valence-electron chi connectivity index (χ2n) is 15.9. The first kappa shape index (κ1) is 50.9. The highest BCUT2D eigenvalue weighted by Gasteiger charge is 2.44. The Balaban J connectivity index is 2.25. The molecular weight excluding hydrogens is 684 g/mol. The van der Waals surface area contributed by atoms with Crippen LogP contribution in [-0.2, 0) is 23.7 Å². The third kappa shape index (κ3) is 28.3. The van der Waals surface area contributed by atoms with Gasteiger partial charge in [-0.2, -0.15) is 0 Å². The Kier molecular flexibility index (Phi) is 35.4. The largest absolute Gasteiger partial charge is 0.457 e. The average Bonchev–Trinajstić information content (AvgIpc) is 3.17. The Morgan fingerprint density at radius 3 is 1.50 bits per heavy atom. The molecule has 6 atom stereocenters. The summed E-state index contributed by atoms with van der Waals surface area (Å²) < 4.78 is 22.8. The minimum Gasteiger partial charge on any atom is -0.457 e. The van der Waals surface area contributed by atoms with Crippen molar-refractivity contribution in [3.8, 4) is 0 Å². The standard InChI is InChI=1S/C45H86O9/c1-3-5-7-9-11-13-15-17-19-20-21-23-25-27-29-31-33-35-51-37-39(38-52-45-44(50)43(49)42(48)40(36-46)54-45)53-41(47)34-32-30-28-26-24-22-18-16-14-12-10-8-6-4-2/h19-20,39-40,42-46,48-50H,3-18,21-38H2,1-2H3/b20-19-. The number of hydrogen-bond acceptors (Lipinski definition) is 9. The molecule has 0 aromatic carbocycles. The Morgan fingerprint density at radius 1 is 0.574 bits per heavy atom. The van der Waals surface area contributed by atoms with Crippen LogP contribution < -0.4 is 0 Å². The Morgan fingerprint density at radius 2 is 1.02 bits per heavy atom. The molecule has 9 nitrogen and oxygen atoms in total. The van der Waals surface area contributed by atoms with Gasteiger partial charge in [0.2, 0.25) is 0 Å². The highest BCUT2D eigenvalue weighted by Crippen LogP contribution is 2.23. The topological polar surface area (TPSA) is 135 Å². The molecule has 0 amide bonds. The van der Waals surface area contributed by atoms with E-state index in [1.54, 1.807) is 0 Å². The molecule has 1 fully saturated rings. The number of rotatable bonds is 39. The summed E-state index contributed by atoms with van der Waals surface area (Å²) in [5.74, 6) is -0.312. The molecule has 1 saturated heterocycles. The van der Waals surface area contributed by atoms with Gasteiger partial charge in [0.15, 0.2) is 6.29 Å². The molecule has 0 spiro atoms. The molecule has 9 heteroatoms. The summed E-state index contributed by atoms with van der Waals surface area (Å²) in [7, 11) is 0. The van der Waals surface area contributed by atoms with Gasteiger partial charge < -0.3 is 39.4 Å². The van der Waals surface area contributed by atoms with Crippen molar-refractivity contribution in [1.82, 2.24) is 0 Å². The molecule has 1 heterocycles. The smallest absolute Gasteiger partial charge is 0.306 e. The number of unbranched alkanes of at least 4 members (excludes halogenated alkanes) is 26. The first-order valence-electron chi connectivity index (χ1n) is 22.8. The monoisotopic (exact) mass is 771 g/mol. The summed E-state index contributed by atoms with van der Waals surface area (Å²) in [6, 6.07) is 0. The molecule has 0 aromatic heterocycles. The van der Waals surface area contributed by atoms with Crippen molar-refractivity contribution in [1.29, 1.82) is 0 Å². The lowest BCUT2D eigenvalue weighted by Crippen LogP contribution is -2.59. The van der Waals surface area contributed by atoms with Gasteiger partial charge in [-0.25, -0.2) is 0 Å². The number of esters is 1. The van der Waals surface area contributed by atoms with Crippen LogP contribution in [0.25, 0.3) is 0 Å². The summed E-state index contributed by atoms with van der Waals surface area (Å²) in [4.78, 5) is 12.8. The minimum atomic E-state index is -1.53. The van der Waals surface area contributed by atoms with Gasteiger partial charge in [0, 0.05) is 13.0 Å². The molecule has 1 aliphatic rings. The average molecular weight is 771 g/mol. The van der Waals surface area contributed by atoms with Gasteiger partial charge in [0.25, 0.3) is 0 Å². The Hall–Kier alpha value is -1.07. The van der Waals surface area contributed by atoms with E-state index in [2.05, 4.69) is 26.0 Å². The SMILES string of the molecule is CCCCCCCCC/C=C\CCCCCCCCOCC(COC1OC(CO)C(O)C(O)C1O)OC(=O)CCCCCCCCCCCCCCCC. The Bertz CT molecular complexity index is 838. The predicted molar refractivity (Wildman–Crippen MR) is 219 cm³/mol. The van der Waals surface area contributed by atoms with Crippen molar-refractivity contribution in [2.75, 3.05) is 26.4 Å². The zero-order chi connectivity index (χ0) is 39.3. The molecule has 0 aliphatic carbocycles. The van der Waals surface area contributed by atoms with Crippen LogP contribution >= 0.6 is 0 Å². The number of aliphatic hydroxyl groups is 4. The molecule has 0 aromatic rings. The molecule has 0 radical (unpaired) electrons. The van der Waals surface area contributed by atoms with E-state index in [1.165, 1.54) is 154 Å². The van der Waals surface area contributed by atoms with Crippen molar-refractivity contribution in [2.45, 2.75) is 243 Å². The van der Waals surface area contributed by atoms with Gasteiger partial charge in [-0.1, -0.05) is 174 Å². The third-order valence-electron chi connectivity index (χ3n) is 10.7. The molecule has 1 rings (SSSR count). The highest BCUT2D eigenvalue weighted by atomic mass is 16.7. The molecule has 54 heavy (non-hydrogen) atoms. The maximum atomic E-state index is 12.8. The summed E-state index contributed by atoms with van der Waals surface area (Å²) >= 11 is 0. The number of aliphatic hydroxyl groups excluding tert-OH is 4. The fourth-order valence-electron chi connectivity index (χ4n) is 7.08. The highest BCUT2D eigenvalue weighted by molar-refractivity contribution is 5.69. The van der Waals surface area contributed by atoms with Crippen molar-refractivity contribution >= 4 is 5.97 Å². The first-order valence-corrected chi connectivity index (χ1v) is 22.8. The van der Waals surface area contributed by atoms with E-state index in [9.17, 15) is 25.2 Å². The summed E-state index contributed by atoms with van der Waals surface area (Å²) in [6.45, 7) is 4.57. The van der Waals surface area contributed by atoms with Crippen LogP contribution in [0, 0.1) is 0 Å². The summed E-state index contributed by atoms with van der Waals surface area (Å²) in [6.07, 6.45) is 33.8. The lowest BCUT2D eigenvalue weighted by atomic mass is 9.99. The van der Waals surface area contributed by atoms with Gasteiger partial charge >= 0.3 is 5.97 Å². The molecule has 320 valence electrons. The summed E-state index contributed by atoms with van der Waals surface area (Å²) in [5.41, 5.74) is 0. The van der Waals surface area contributed by atoms with Crippen molar-refractivity contribution in [3.63, 3.8) is 0 Å². The quantitative estimate of drug-likeness (QED) is 0.0274. The molecule has 6 unspecified atom stereocenters. The second-order valence-corrected chi connectivity index (χ2v) is 15.9.